The van der Waals surface area contributed by atoms with Crippen molar-refractivity contribution in [3.05, 3.63) is 39.8 Å². The molecule has 0 spiro atoms. The first kappa shape index (κ1) is 18.0. The summed E-state index contributed by atoms with van der Waals surface area (Å²) in [4.78, 5) is 42.2. The first-order valence-corrected chi connectivity index (χ1v) is 9.11. The molecule has 2 aliphatic heterocycles. The molecule has 0 atom stereocenters. The lowest BCUT2D eigenvalue weighted by Crippen LogP contribution is -2.50. The molecule has 0 radical (unpaired) electrons. The van der Waals surface area contributed by atoms with Gasteiger partial charge in [0.25, 0.3) is 11.1 Å². The monoisotopic (exact) mass is 379 g/mol. The lowest BCUT2D eigenvalue weighted by molar-refractivity contribution is -0.137. The van der Waals surface area contributed by atoms with Gasteiger partial charge in [-0.05, 0) is 42.6 Å². The molecule has 1 aromatic rings. The van der Waals surface area contributed by atoms with E-state index in [0.29, 0.717) is 23.0 Å². The predicted molar refractivity (Wildman–Crippen MR) is 98.2 cm³/mol. The first-order chi connectivity index (χ1) is 11.9. The molecule has 3 amide bonds. The highest BCUT2D eigenvalue weighted by atomic mass is 35.5. The Hall–Kier alpha value is -1.83. The molecule has 8 heteroatoms. The summed E-state index contributed by atoms with van der Waals surface area (Å²) >= 11 is 6.70. The molecule has 3 rings (SSSR count). The number of carbonyl (C=O) groups is 3. The average molecular weight is 380 g/mol. The topological polar surface area (TPSA) is 60.9 Å². The van der Waals surface area contributed by atoms with E-state index >= 15 is 0 Å². The van der Waals surface area contributed by atoms with Gasteiger partial charge in [-0.1, -0.05) is 23.7 Å². The van der Waals surface area contributed by atoms with E-state index in [2.05, 4.69) is 4.90 Å². The average Bonchev–Trinajstić information content (AvgIpc) is 2.85. The number of halogens is 1. The van der Waals surface area contributed by atoms with Crippen LogP contribution < -0.4 is 0 Å². The zero-order valence-corrected chi connectivity index (χ0v) is 15.3. The van der Waals surface area contributed by atoms with Crippen LogP contribution in [0.25, 0.3) is 6.08 Å². The third-order valence-corrected chi connectivity index (χ3v) is 5.35. The summed E-state index contributed by atoms with van der Waals surface area (Å²) in [6.45, 7) is 2.62. The number of nitrogens with zero attached hydrogens (tertiary/aromatic N) is 3. The highest BCUT2D eigenvalue weighted by Gasteiger charge is 2.37. The molecule has 2 fully saturated rings. The van der Waals surface area contributed by atoms with E-state index in [1.165, 1.54) is 0 Å². The number of thioether (sulfide) groups is 1. The Morgan fingerprint density at radius 3 is 2.44 bits per heavy atom. The molecule has 2 saturated heterocycles. The fourth-order valence-electron chi connectivity index (χ4n) is 2.64. The molecule has 2 aliphatic rings. The summed E-state index contributed by atoms with van der Waals surface area (Å²) in [7, 11) is 2.00. The SMILES string of the molecule is CN1CCN(C(=O)CN2C(=O)SC(=Cc3ccc(Cl)cc3)C2=O)CC1. The van der Waals surface area contributed by atoms with Gasteiger partial charge in [0.15, 0.2) is 0 Å². The third-order valence-electron chi connectivity index (χ3n) is 4.19. The second kappa shape index (κ2) is 7.59. The number of amides is 3. The van der Waals surface area contributed by atoms with Crippen molar-refractivity contribution in [3.8, 4) is 0 Å². The van der Waals surface area contributed by atoms with E-state index in [1.807, 2.05) is 7.05 Å². The Balaban J connectivity index is 1.67. The predicted octanol–water partition coefficient (Wildman–Crippen LogP) is 2.15. The third kappa shape index (κ3) is 4.23. The Morgan fingerprint density at radius 2 is 1.80 bits per heavy atom. The molecule has 2 heterocycles. The standard InChI is InChI=1S/C17H18ClN3O3S/c1-19-6-8-20(9-7-19)15(22)11-21-16(23)14(25-17(21)24)10-12-2-4-13(18)5-3-12/h2-5,10H,6-9,11H2,1H3. The molecule has 0 bridgehead atoms. The molecule has 0 unspecified atom stereocenters. The highest BCUT2D eigenvalue weighted by molar-refractivity contribution is 8.18. The smallest absolute Gasteiger partial charge is 0.294 e. The second-order valence-electron chi connectivity index (χ2n) is 6.00. The second-order valence-corrected chi connectivity index (χ2v) is 7.43. The number of imide groups is 1. The molecular formula is C17H18ClN3O3S. The summed E-state index contributed by atoms with van der Waals surface area (Å²) in [5.41, 5.74) is 0.778. The number of hydrogen-bond acceptors (Lipinski definition) is 5. The van der Waals surface area contributed by atoms with Crippen LogP contribution in [0.1, 0.15) is 5.56 Å². The minimum absolute atomic E-state index is 0.192. The number of carbonyl (C=O) groups excluding carboxylic acids is 3. The Labute approximate surface area is 155 Å². The van der Waals surface area contributed by atoms with Crippen molar-refractivity contribution in [2.75, 3.05) is 39.8 Å². The van der Waals surface area contributed by atoms with Crippen molar-refractivity contribution < 1.29 is 14.4 Å². The maximum absolute atomic E-state index is 12.5. The normalized spacial score (nSPS) is 20.6. The van der Waals surface area contributed by atoms with Crippen molar-refractivity contribution >= 4 is 46.5 Å². The zero-order valence-electron chi connectivity index (χ0n) is 13.8. The molecule has 6 nitrogen and oxygen atoms in total. The van der Waals surface area contributed by atoms with Crippen LogP contribution in [0, 0.1) is 0 Å². The van der Waals surface area contributed by atoms with E-state index in [-0.39, 0.29) is 12.5 Å². The Morgan fingerprint density at radius 1 is 1.16 bits per heavy atom. The van der Waals surface area contributed by atoms with Crippen molar-refractivity contribution in [2.45, 2.75) is 0 Å². The number of hydrogen-bond donors (Lipinski definition) is 0. The first-order valence-electron chi connectivity index (χ1n) is 7.91. The van der Waals surface area contributed by atoms with Crippen LogP contribution in [0.15, 0.2) is 29.2 Å². The minimum atomic E-state index is -0.424. The van der Waals surface area contributed by atoms with Crippen LogP contribution in [-0.4, -0.2) is 71.5 Å². The number of likely N-dealkylation sites (N-methyl/N-ethyl adjacent to an activating group) is 1. The van der Waals surface area contributed by atoms with Crippen LogP contribution in [0.3, 0.4) is 0 Å². The summed E-state index contributed by atoms with van der Waals surface area (Å²) in [5.74, 6) is -0.615. The van der Waals surface area contributed by atoms with Crippen molar-refractivity contribution in [2.24, 2.45) is 0 Å². The maximum Gasteiger partial charge on any atom is 0.294 e. The van der Waals surface area contributed by atoms with Gasteiger partial charge in [-0.2, -0.15) is 0 Å². The van der Waals surface area contributed by atoms with Gasteiger partial charge in [-0.25, -0.2) is 0 Å². The van der Waals surface area contributed by atoms with Crippen LogP contribution in [0.2, 0.25) is 5.02 Å². The number of benzene rings is 1. The van der Waals surface area contributed by atoms with E-state index in [4.69, 9.17) is 11.6 Å². The van der Waals surface area contributed by atoms with Crippen molar-refractivity contribution in [1.29, 1.82) is 0 Å². The molecule has 0 aromatic heterocycles. The van der Waals surface area contributed by atoms with Crippen LogP contribution in [-0.2, 0) is 9.59 Å². The van der Waals surface area contributed by atoms with Gasteiger partial charge < -0.3 is 9.80 Å². The summed E-state index contributed by atoms with van der Waals surface area (Å²) in [5, 5.41) is 0.190. The lowest BCUT2D eigenvalue weighted by Gasteiger charge is -2.33. The molecule has 25 heavy (non-hydrogen) atoms. The molecular weight excluding hydrogens is 362 g/mol. The molecule has 0 saturated carbocycles. The van der Waals surface area contributed by atoms with E-state index in [1.54, 1.807) is 35.2 Å². The van der Waals surface area contributed by atoms with Gasteiger partial charge in [0.2, 0.25) is 5.91 Å². The van der Waals surface area contributed by atoms with Gasteiger partial charge in [0.05, 0.1) is 4.91 Å². The van der Waals surface area contributed by atoms with Crippen LogP contribution in [0.4, 0.5) is 4.79 Å². The van der Waals surface area contributed by atoms with E-state index < -0.39 is 11.1 Å². The summed E-state index contributed by atoms with van der Waals surface area (Å²) in [6, 6.07) is 6.97. The van der Waals surface area contributed by atoms with Gasteiger partial charge in [-0.15, -0.1) is 0 Å². The fourth-order valence-corrected chi connectivity index (χ4v) is 3.60. The number of rotatable bonds is 3. The Bertz CT molecular complexity index is 727. The highest BCUT2D eigenvalue weighted by Crippen LogP contribution is 2.32. The Kier molecular flexibility index (Phi) is 5.46. The van der Waals surface area contributed by atoms with Gasteiger partial charge in [0, 0.05) is 31.2 Å². The largest absolute Gasteiger partial charge is 0.339 e. The molecule has 0 aliphatic carbocycles. The van der Waals surface area contributed by atoms with Crippen molar-refractivity contribution in [1.82, 2.24) is 14.7 Å². The summed E-state index contributed by atoms with van der Waals surface area (Å²) < 4.78 is 0. The van der Waals surface area contributed by atoms with Gasteiger partial charge in [0.1, 0.15) is 6.54 Å². The minimum Gasteiger partial charge on any atom is -0.339 e. The van der Waals surface area contributed by atoms with E-state index in [0.717, 1.165) is 35.3 Å². The molecule has 0 N–H and O–H groups in total. The van der Waals surface area contributed by atoms with Crippen molar-refractivity contribution in [3.63, 3.8) is 0 Å². The quantitative estimate of drug-likeness (QED) is 0.753. The maximum atomic E-state index is 12.5. The van der Waals surface area contributed by atoms with Crippen LogP contribution in [0.5, 0.6) is 0 Å². The van der Waals surface area contributed by atoms with Gasteiger partial charge >= 0.3 is 0 Å². The van der Waals surface area contributed by atoms with Crippen LogP contribution >= 0.6 is 23.4 Å². The zero-order chi connectivity index (χ0) is 18.0. The molecule has 1 aromatic carbocycles. The van der Waals surface area contributed by atoms with E-state index in [9.17, 15) is 14.4 Å². The lowest BCUT2D eigenvalue weighted by atomic mass is 10.2. The summed E-state index contributed by atoms with van der Waals surface area (Å²) in [6.07, 6.45) is 1.64. The van der Waals surface area contributed by atoms with Gasteiger partial charge in [-0.3, -0.25) is 19.3 Å². The fraction of sp³-hybridized carbons (Fsp3) is 0.353. The molecule has 132 valence electrons. The number of piperazine rings is 1.